The number of carbonyl (C=O) groups excluding carboxylic acids is 1. The van der Waals surface area contributed by atoms with Crippen LogP contribution in [-0.2, 0) is 16.1 Å². The molecule has 0 spiro atoms. The summed E-state index contributed by atoms with van der Waals surface area (Å²) in [6, 6.07) is 22.1. The molecule has 0 saturated carbocycles. The minimum atomic E-state index is -0.957. The molecular weight excluding hydrogens is 567 g/mol. The predicted octanol–water partition coefficient (Wildman–Crippen LogP) is 5.96. The molecule has 1 atom stereocenters. The number of nitrogens with zero attached hydrogens (tertiary/aromatic N) is 1. The third-order valence-corrected chi connectivity index (χ3v) is 8.02. The van der Waals surface area contributed by atoms with E-state index in [2.05, 4.69) is 28.4 Å². The Morgan fingerprint density at radius 2 is 1.79 bits per heavy atom. The molecule has 3 aromatic carbocycles. The second-order valence-corrected chi connectivity index (χ2v) is 11.6. The summed E-state index contributed by atoms with van der Waals surface area (Å²) in [6.07, 6.45) is 4.75. The van der Waals surface area contributed by atoms with Crippen LogP contribution in [0, 0.1) is 5.82 Å². The van der Waals surface area contributed by atoms with Crippen LogP contribution in [0.2, 0.25) is 0 Å². The number of amides is 1. The number of carbonyl (C=O) groups is 2. The highest BCUT2D eigenvalue weighted by Gasteiger charge is 2.16. The van der Waals surface area contributed by atoms with E-state index in [-0.39, 0.29) is 12.5 Å². The molecule has 1 saturated heterocycles. The number of nitrogens with one attached hydrogen (secondary N) is 1. The van der Waals surface area contributed by atoms with Crippen molar-refractivity contribution >= 4 is 23.6 Å². The maximum absolute atomic E-state index is 14.0. The van der Waals surface area contributed by atoms with E-state index in [1.807, 2.05) is 36.4 Å². The van der Waals surface area contributed by atoms with Gasteiger partial charge in [-0.2, -0.15) is 0 Å². The summed E-state index contributed by atoms with van der Waals surface area (Å²) < 4.78 is 19.8. The van der Waals surface area contributed by atoms with Gasteiger partial charge in [-0.25, -0.2) is 4.39 Å². The number of benzene rings is 3. The lowest BCUT2D eigenvalue weighted by molar-refractivity contribution is -0.138. The molecule has 4 rings (SSSR count). The fourth-order valence-electron chi connectivity index (χ4n) is 4.67. The number of thioether (sulfide) groups is 1. The predicted molar refractivity (Wildman–Crippen MR) is 171 cm³/mol. The molecule has 0 aliphatic carbocycles. The normalized spacial score (nSPS) is 13.8. The molecule has 43 heavy (non-hydrogen) atoms. The lowest BCUT2D eigenvalue weighted by Gasteiger charge is -2.26. The van der Waals surface area contributed by atoms with Gasteiger partial charge in [0.2, 0.25) is 5.91 Å². The molecule has 1 unspecified atom stereocenters. The SMILES string of the molecule is CC(C(=O)O)c1ccc(-c2ccccc2)c(F)c1.O=C(CSCCO)NCCCOc1cccc(CN2CCCCC2)c1. The summed E-state index contributed by atoms with van der Waals surface area (Å²) in [4.78, 5) is 24.9. The van der Waals surface area contributed by atoms with Gasteiger partial charge in [-0.1, -0.05) is 61.0 Å². The smallest absolute Gasteiger partial charge is 0.310 e. The molecule has 1 fully saturated rings. The lowest BCUT2D eigenvalue weighted by Crippen LogP contribution is -2.29. The molecule has 1 aliphatic heterocycles. The summed E-state index contributed by atoms with van der Waals surface area (Å²) >= 11 is 1.44. The Hall–Kier alpha value is -3.40. The van der Waals surface area contributed by atoms with Gasteiger partial charge in [-0.15, -0.1) is 11.8 Å². The summed E-state index contributed by atoms with van der Waals surface area (Å²) in [7, 11) is 0. The third-order valence-electron chi connectivity index (χ3n) is 7.08. The van der Waals surface area contributed by atoms with E-state index < -0.39 is 17.7 Å². The highest BCUT2D eigenvalue weighted by atomic mass is 32.2. The monoisotopic (exact) mass is 610 g/mol. The molecule has 1 aliphatic rings. The second kappa shape index (κ2) is 19.0. The van der Waals surface area contributed by atoms with Crippen molar-refractivity contribution in [3.63, 3.8) is 0 Å². The van der Waals surface area contributed by atoms with Crippen LogP contribution in [0.3, 0.4) is 0 Å². The number of aliphatic hydroxyl groups is 1. The number of halogens is 1. The quantitative estimate of drug-likeness (QED) is 0.194. The maximum atomic E-state index is 14.0. The fourth-order valence-corrected chi connectivity index (χ4v) is 5.24. The third kappa shape index (κ3) is 12.4. The first-order chi connectivity index (χ1) is 20.9. The van der Waals surface area contributed by atoms with Crippen molar-refractivity contribution in [1.29, 1.82) is 0 Å². The highest BCUT2D eigenvalue weighted by Crippen LogP contribution is 2.26. The maximum Gasteiger partial charge on any atom is 0.310 e. The highest BCUT2D eigenvalue weighted by molar-refractivity contribution is 7.99. The van der Waals surface area contributed by atoms with Gasteiger partial charge in [0, 0.05) is 24.4 Å². The largest absolute Gasteiger partial charge is 0.494 e. The van der Waals surface area contributed by atoms with Crippen molar-refractivity contribution in [3.8, 4) is 16.9 Å². The average molecular weight is 611 g/mol. The minimum absolute atomic E-state index is 0.0157. The number of piperidine rings is 1. The van der Waals surface area contributed by atoms with E-state index in [4.69, 9.17) is 14.9 Å². The summed E-state index contributed by atoms with van der Waals surface area (Å²) in [5.74, 6) is -0.135. The number of ether oxygens (including phenoxy) is 1. The molecular formula is C34H43FN2O5S. The van der Waals surface area contributed by atoms with Crippen LogP contribution in [0.1, 0.15) is 49.7 Å². The zero-order valence-corrected chi connectivity index (χ0v) is 25.7. The van der Waals surface area contributed by atoms with Crippen molar-refractivity contribution in [2.75, 3.05) is 44.4 Å². The van der Waals surface area contributed by atoms with Crippen molar-refractivity contribution in [1.82, 2.24) is 10.2 Å². The van der Waals surface area contributed by atoms with Gasteiger partial charge in [0.05, 0.1) is 24.9 Å². The van der Waals surface area contributed by atoms with Crippen molar-refractivity contribution < 1.29 is 28.9 Å². The van der Waals surface area contributed by atoms with Crippen LogP contribution in [0.5, 0.6) is 5.75 Å². The first-order valence-corrected chi connectivity index (χ1v) is 16.0. The summed E-state index contributed by atoms with van der Waals surface area (Å²) in [5, 5.41) is 20.4. The standard InChI is InChI=1S/C19H30N2O3S.C15H13FO2/c22-11-13-25-16-19(23)20-8-5-12-24-18-7-4-6-17(14-18)15-21-9-2-1-3-10-21;1-10(15(17)18)12-7-8-13(14(16)9-12)11-5-3-2-4-6-11/h4,6-7,14,22H,1-3,5,8-13,15-16H2,(H,20,23);2-10H,1H3,(H,17,18). The molecule has 232 valence electrons. The molecule has 0 aromatic heterocycles. The zero-order valence-electron chi connectivity index (χ0n) is 24.8. The van der Waals surface area contributed by atoms with Crippen LogP contribution in [0.25, 0.3) is 11.1 Å². The topological polar surface area (TPSA) is 99.1 Å². The molecule has 9 heteroatoms. The van der Waals surface area contributed by atoms with Gasteiger partial charge >= 0.3 is 5.97 Å². The first-order valence-electron chi connectivity index (χ1n) is 14.8. The second-order valence-electron chi connectivity index (χ2n) is 10.5. The molecule has 0 radical (unpaired) electrons. The van der Waals surface area contributed by atoms with Crippen LogP contribution >= 0.6 is 11.8 Å². The number of rotatable bonds is 14. The van der Waals surface area contributed by atoms with E-state index in [0.29, 0.717) is 35.8 Å². The van der Waals surface area contributed by atoms with Gasteiger partial charge in [0.1, 0.15) is 11.6 Å². The van der Waals surface area contributed by atoms with Crippen molar-refractivity contribution in [2.24, 2.45) is 0 Å². The van der Waals surface area contributed by atoms with Crippen LogP contribution in [0.4, 0.5) is 4.39 Å². The lowest BCUT2D eigenvalue weighted by atomic mass is 9.97. The Bertz CT molecular complexity index is 1270. The zero-order chi connectivity index (χ0) is 30.9. The molecule has 3 N–H and O–H groups in total. The van der Waals surface area contributed by atoms with E-state index in [1.165, 1.54) is 55.7 Å². The Morgan fingerprint density at radius 1 is 1.02 bits per heavy atom. The van der Waals surface area contributed by atoms with E-state index in [1.54, 1.807) is 19.1 Å². The number of aliphatic carboxylic acids is 1. The van der Waals surface area contributed by atoms with Gasteiger partial charge in [0.15, 0.2) is 0 Å². The number of hydrogen-bond donors (Lipinski definition) is 3. The Morgan fingerprint density at radius 3 is 2.49 bits per heavy atom. The van der Waals surface area contributed by atoms with Crippen LogP contribution in [0.15, 0.2) is 72.8 Å². The summed E-state index contributed by atoms with van der Waals surface area (Å²) in [6.45, 7) is 6.26. The first kappa shape index (κ1) is 34.1. The number of carboxylic acid groups (broad SMARTS) is 1. The Kier molecular flexibility index (Phi) is 15.1. The van der Waals surface area contributed by atoms with Gasteiger partial charge in [0.25, 0.3) is 0 Å². The average Bonchev–Trinajstić information content (AvgIpc) is 3.02. The Balaban J connectivity index is 0.000000248. The number of carboxylic acids is 1. The number of aliphatic hydroxyl groups excluding tert-OH is 1. The number of hydrogen-bond acceptors (Lipinski definition) is 6. The van der Waals surface area contributed by atoms with Crippen molar-refractivity contribution in [3.05, 3.63) is 89.7 Å². The minimum Gasteiger partial charge on any atom is -0.494 e. The molecule has 7 nitrogen and oxygen atoms in total. The van der Waals surface area contributed by atoms with Gasteiger partial charge < -0.3 is 20.3 Å². The van der Waals surface area contributed by atoms with E-state index in [0.717, 1.165) is 24.3 Å². The molecule has 0 bridgehead atoms. The van der Waals surface area contributed by atoms with Crippen molar-refractivity contribution in [2.45, 2.75) is 45.1 Å². The van der Waals surface area contributed by atoms with E-state index >= 15 is 0 Å². The summed E-state index contributed by atoms with van der Waals surface area (Å²) in [5.41, 5.74) is 3.04. The van der Waals surface area contributed by atoms with Crippen LogP contribution in [-0.4, -0.2) is 71.3 Å². The van der Waals surface area contributed by atoms with Crippen LogP contribution < -0.4 is 10.1 Å². The van der Waals surface area contributed by atoms with E-state index in [9.17, 15) is 14.0 Å². The van der Waals surface area contributed by atoms with Gasteiger partial charge in [-0.05, 0) is 74.2 Å². The number of likely N-dealkylation sites (tertiary alicyclic amines) is 1. The molecule has 1 amide bonds. The Labute approximate surface area is 258 Å². The molecule has 1 heterocycles. The van der Waals surface area contributed by atoms with Gasteiger partial charge in [-0.3, -0.25) is 14.5 Å². The molecule has 3 aromatic rings. The fraction of sp³-hybridized carbons (Fsp3) is 0.412.